The molecule has 1 fully saturated rings. The first-order chi connectivity index (χ1) is 6.05. The minimum absolute atomic E-state index is 0.512. The largest absolute Gasteiger partial charge is 0.363 e. The number of rotatable bonds is 1. The molecular weight excluding hydrogens is 180 g/mol. The molecule has 2 nitrogen and oxygen atoms in total. The first-order valence-electron chi connectivity index (χ1n) is 5.08. The molecule has 1 N–H and O–H groups in total. The summed E-state index contributed by atoms with van der Waals surface area (Å²) >= 11 is 5.26. The molecule has 0 amide bonds. The summed E-state index contributed by atoms with van der Waals surface area (Å²) in [4.78, 5) is 2.28. The number of piperidine rings is 1. The van der Waals surface area contributed by atoms with Crippen LogP contribution >= 0.6 is 12.2 Å². The van der Waals surface area contributed by atoms with E-state index >= 15 is 0 Å². The van der Waals surface area contributed by atoms with Crippen LogP contribution in [0, 0.1) is 5.41 Å². The molecule has 1 aliphatic heterocycles. The lowest BCUT2D eigenvalue weighted by atomic mass is 9.83. The van der Waals surface area contributed by atoms with Gasteiger partial charge in [0.1, 0.15) is 0 Å². The molecular formula is C10H20N2S. The average Bonchev–Trinajstić information content (AvgIpc) is 2.04. The molecule has 0 aromatic carbocycles. The summed E-state index contributed by atoms with van der Waals surface area (Å²) in [5.74, 6) is 0. The first-order valence-corrected chi connectivity index (χ1v) is 5.49. The Morgan fingerprint density at radius 2 is 1.92 bits per heavy atom. The fourth-order valence-electron chi connectivity index (χ4n) is 1.58. The molecule has 0 spiro atoms. The van der Waals surface area contributed by atoms with Crippen molar-refractivity contribution in [1.29, 1.82) is 0 Å². The average molecular weight is 200 g/mol. The Labute approximate surface area is 86.7 Å². The van der Waals surface area contributed by atoms with Crippen LogP contribution in [0.25, 0.3) is 0 Å². The summed E-state index contributed by atoms with van der Waals surface area (Å²) < 4.78 is 0. The van der Waals surface area contributed by atoms with Crippen LogP contribution in [0.2, 0.25) is 0 Å². The lowest BCUT2D eigenvalue weighted by Gasteiger charge is -2.38. The maximum absolute atomic E-state index is 5.26. The van der Waals surface area contributed by atoms with E-state index in [1.165, 1.54) is 12.8 Å². The molecule has 0 atom stereocenters. The van der Waals surface area contributed by atoms with E-state index in [1.54, 1.807) is 0 Å². The fraction of sp³-hybridized carbons (Fsp3) is 0.900. The van der Waals surface area contributed by atoms with E-state index in [1.807, 2.05) is 0 Å². The second-order valence-electron chi connectivity index (χ2n) is 4.49. The van der Waals surface area contributed by atoms with Gasteiger partial charge >= 0.3 is 0 Å². The molecule has 0 aromatic heterocycles. The zero-order valence-electron chi connectivity index (χ0n) is 8.89. The quantitative estimate of drug-likeness (QED) is 0.652. The highest BCUT2D eigenvalue weighted by molar-refractivity contribution is 7.80. The van der Waals surface area contributed by atoms with Crippen LogP contribution in [-0.2, 0) is 0 Å². The van der Waals surface area contributed by atoms with Crippen LogP contribution < -0.4 is 5.32 Å². The molecule has 1 heterocycles. The summed E-state index contributed by atoms with van der Waals surface area (Å²) in [6.07, 6.45) is 2.50. The van der Waals surface area contributed by atoms with Crippen molar-refractivity contribution in [3.63, 3.8) is 0 Å². The molecule has 0 aromatic rings. The van der Waals surface area contributed by atoms with Gasteiger partial charge in [0.2, 0.25) is 0 Å². The number of hydrogen-bond acceptors (Lipinski definition) is 1. The highest BCUT2D eigenvalue weighted by atomic mass is 32.1. The van der Waals surface area contributed by atoms with Crippen LogP contribution in [0.1, 0.15) is 33.6 Å². The predicted molar refractivity (Wildman–Crippen MR) is 60.9 cm³/mol. The molecule has 13 heavy (non-hydrogen) atoms. The third kappa shape index (κ3) is 3.14. The molecule has 0 bridgehead atoms. The minimum atomic E-state index is 0.512. The molecule has 1 aliphatic rings. The van der Waals surface area contributed by atoms with Crippen molar-refractivity contribution in [3.05, 3.63) is 0 Å². The van der Waals surface area contributed by atoms with Gasteiger partial charge in [0.15, 0.2) is 5.11 Å². The highest BCUT2D eigenvalue weighted by Crippen LogP contribution is 2.29. The van der Waals surface area contributed by atoms with Crippen LogP contribution in [0.5, 0.6) is 0 Å². The second-order valence-corrected chi connectivity index (χ2v) is 4.87. The van der Waals surface area contributed by atoms with E-state index in [0.29, 0.717) is 5.41 Å². The van der Waals surface area contributed by atoms with Gasteiger partial charge in [-0.15, -0.1) is 0 Å². The Morgan fingerprint density at radius 3 is 2.38 bits per heavy atom. The lowest BCUT2D eigenvalue weighted by molar-refractivity contribution is 0.187. The Kier molecular flexibility index (Phi) is 3.54. The monoisotopic (exact) mass is 200 g/mol. The Morgan fingerprint density at radius 1 is 1.38 bits per heavy atom. The van der Waals surface area contributed by atoms with Crippen LogP contribution in [-0.4, -0.2) is 29.6 Å². The van der Waals surface area contributed by atoms with Crippen LogP contribution in [0.3, 0.4) is 0 Å². The van der Waals surface area contributed by atoms with E-state index in [-0.39, 0.29) is 0 Å². The minimum Gasteiger partial charge on any atom is -0.363 e. The van der Waals surface area contributed by atoms with Crippen molar-refractivity contribution in [2.24, 2.45) is 5.41 Å². The smallest absolute Gasteiger partial charge is 0.168 e. The number of hydrogen-bond donors (Lipinski definition) is 1. The number of likely N-dealkylation sites (tertiary alicyclic amines) is 1. The summed E-state index contributed by atoms with van der Waals surface area (Å²) in [5.41, 5.74) is 0.512. The lowest BCUT2D eigenvalue weighted by Crippen LogP contribution is -2.45. The van der Waals surface area contributed by atoms with Gasteiger partial charge in [-0.25, -0.2) is 0 Å². The van der Waals surface area contributed by atoms with Crippen molar-refractivity contribution in [2.75, 3.05) is 19.6 Å². The van der Waals surface area contributed by atoms with Crippen molar-refractivity contribution in [3.8, 4) is 0 Å². The SMILES string of the molecule is CCNC(=S)N1CCC(C)(C)CC1. The first kappa shape index (κ1) is 10.8. The molecule has 76 valence electrons. The third-order valence-electron chi connectivity index (χ3n) is 2.73. The third-order valence-corrected chi connectivity index (χ3v) is 3.13. The van der Waals surface area contributed by atoms with E-state index in [0.717, 1.165) is 24.7 Å². The standard InChI is InChI=1S/C10H20N2S/c1-4-11-9(13)12-7-5-10(2,3)6-8-12/h4-8H2,1-3H3,(H,11,13). The van der Waals surface area contributed by atoms with Gasteiger partial charge in [-0.05, 0) is 37.4 Å². The van der Waals surface area contributed by atoms with Gasteiger partial charge in [-0.1, -0.05) is 13.8 Å². The maximum atomic E-state index is 5.26. The fourth-order valence-corrected chi connectivity index (χ4v) is 1.91. The number of nitrogens with zero attached hydrogens (tertiary/aromatic N) is 1. The van der Waals surface area contributed by atoms with E-state index in [4.69, 9.17) is 12.2 Å². The van der Waals surface area contributed by atoms with E-state index in [2.05, 4.69) is 31.0 Å². The topological polar surface area (TPSA) is 15.3 Å². The van der Waals surface area contributed by atoms with Gasteiger partial charge < -0.3 is 10.2 Å². The number of thiocarbonyl (C=S) groups is 1. The number of nitrogens with one attached hydrogen (secondary N) is 1. The highest BCUT2D eigenvalue weighted by Gasteiger charge is 2.25. The van der Waals surface area contributed by atoms with Crippen molar-refractivity contribution < 1.29 is 0 Å². The zero-order valence-corrected chi connectivity index (χ0v) is 9.71. The molecule has 0 radical (unpaired) electrons. The summed E-state index contributed by atoms with van der Waals surface area (Å²) in [6, 6.07) is 0. The van der Waals surface area contributed by atoms with Gasteiger partial charge in [-0.3, -0.25) is 0 Å². The molecule has 0 aliphatic carbocycles. The van der Waals surface area contributed by atoms with Crippen LogP contribution in [0.15, 0.2) is 0 Å². The van der Waals surface area contributed by atoms with E-state index < -0.39 is 0 Å². The Bertz CT molecular complexity index is 179. The summed E-state index contributed by atoms with van der Waals surface area (Å²) in [6.45, 7) is 9.90. The Balaban J connectivity index is 2.36. The molecule has 0 saturated carbocycles. The zero-order chi connectivity index (χ0) is 9.90. The van der Waals surface area contributed by atoms with Gasteiger partial charge in [-0.2, -0.15) is 0 Å². The van der Waals surface area contributed by atoms with E-state index in [9.17, 15) is 0 Å². The van der Waals surface area contributed by atoms with Crippen molar-refractivity contribution in [1.82, 2.24) is 10.2 Å². The molecule has 0 unspecified atom stereocenters. The molecule has 1 rings (SSSR count). The van der Waals surface area contributed by atoms with Crippen LogP contribution in [0.4, 0.5) is 0 Å². The van der Waals surface area contributed by atoms with Crippen molar-refractivity contribution in [2.45, 2.75) is 33.6 Å². The predicted octanol–water partition coefficient (Wildman–Crippen LogP) is 2.00. The van der Waals surface area contributed by atoms with Gasteiger partial charge in [0.05, 0.1) is 0 Å². The summed E-state index contributed by atoms with van der Waals surface area (Å²) in [7, 11) is 0. The van der Waals surface area contributed by atoms with Crippen molar-refractivity contribution >= 4 is 17.3 Å². The van der Waals surface area contributed by atoms with Gasteiger partial charge in [0, 0.05) is 19.6 Å². The second kappa shape index (κ2) is 4.27. The normalized spacial score (nSPS) is 21.3. The molecule has 1 saturated heterocycles. The molecule has 3 heteroatoms. The summed E-state index contributed by atoms with van der Waals surface area (Å²) in [5, 5.41) is 4.13. The Hall–Kier alpha value is -0.310. The van der Waals surface area contributed by atoms with Gasteiger partial charge in [0.25, 0.3) is 0 Å². The maximum Gasteiger partial charge on any atom is 0.168 e.